The van der Waals surface area contributed by atoms with E-state index >= 15 is 0 Å². The lowest BCUT2D eigenvalue weighted by Gasteiger charge is -2.26. The fourth-order valence-electron chi connectivity index (χ4n) is 3.81. The third-order valence-electron chi connectivity index (χ3n) is 5.45. The molecule has 0 saturated heterocycles. The molecule has 146 valence electrons. The maximum absolute atomic E-state index is 13.7. The van der Waals surface area contributed by atoms with Gasteiger partial charge >= 0.3 is 0 Å². The summed E-state index contributed by atoms with van der Waals surface area (Å²) in [5.41, 5.74) is 5.63. The Bertz CT molecular complexity index is 1050. The molecule has 1 atom stereocenters. The topological polar surface area (TPSA) is 54.9 Å². The molecule has 1 aliphatic rings. The summed E-state index contributed by atoms with van der Waals surface area (Å²) in [6.07, 6.45) is 7.40. The van der Waals surface area contributed by atoms with Gasteiger partial charge in [0.15, 0.2) is 5.82 Å². The van der Waals surface area contributed by atoms with Crippen LogP contribution >= 0.6 is 0 Å². The van der Waals surface area contributed by atoms with Crippen LogP contribution in [0.5, 0.6) is 0 Å². The monoisotopic (exact) mass is 387 g/mol. The van der Waals surface area contributed by atoms with Gasteiger partial charge < -0.3 is 5.32 Å². The minimum Gasteiger partial charge on any atom is -0.322 e. The summed E-state index contributed by atoms with van der Waals surface area (Å²) in [7, 11) is 0. The summed E-state index contributed by atoms with van der Waals surface area (Å²) in [5, 5.41) is 2.74. The highest BCUT2D eigenvalue weighted by molar-refractivity contribution is 6.04. The highest BCUT2D eigenvalue weighted by Crippen LogP contribution is 2.40. The molecular weight excluding hydrogens is 365 g/mol. The van der Waals surface area contributed by atoms with Crippen molar-refractivity contribution in [3.05, 3.63) is 95.3 Å². The van der Waals surface area contributed by atoms with E-state index in [1.165, 1.54) is 23.4 Å². The summed E-state index contributed by atoms with van der Waals surface area (Å²) < 4.78 is 13.7. The predicted molar refractivity (Wildman–Crippen MR) is 112 cm³/mol. The average Bonchev–Trinajstić information content (AvgIpc) is 2.76. The number of nitrogens with zero attached hydrogens (tertiary/aromatic N) is 2. The van der Waals surface area contributed by atoms with Gasteiger partial charge in [0, 0.05) is 29.7 Å². The molecule has 0 saturated carbocycles. The number of carbonyl (C=O) groups is 1. The molecule has 1 aromatic carbocycles. The van der Waals surface area contributed by atoms with Crippen LogP contribution in [0.25, 0.3) is 5.57 Å². The van der Waals surface area contributed by atoms with E-state index in [4.69, 9.17) is 0 Å². The number of benzene rings is 1. The van der Waals surface area contributed by atoms with E-state index in [-0.39, 0.29) is 5.56 Å². The van der Waals surface area contributed by atoms with Gasteiger partial charge in [-0.05, 0) is 67.7 Å². The van der Waals surface area contributed by atoms with E-state index in [2.05, 4.69) is 28.3 Å². The highest BCUT2D eigenvalue weighted by atomic mass is 19.1. The second kappa shape index (κ2) is 8.35. The van der Waals surface area contributed by atoms with Crippen LogP contribution in [0.15, 0.2) is 72.7 Å². The number of nitrogens with one attached hydrogen (secondary N) is 1. The molecule has 1 unspecified atom stereocenters. The molecule has 0 radical (unpaired) electrons. The molecule has 1 amide bonds. The summed E-state index contributed by atoms with van der Waals surface area (Å²) in [4.78, 5) is 20.5. The first-order valence-electron chi connectivity index (χ1n) is 9.72. The van der Waals surface area contributed by atoms with Gasteiger partial charge in [0.2, 0.25) is 0 Å². The third kappa shape index (κ3) is 4.24. The van der Waals surface area contributed by atoms with Crippen molar-refractivity contribution in [2.45, 2.75) is 32.1 Å². The number of rotatable bonds is 4. The first kappa shape index (κ1) is 19.0. The van der Waals surface area contributed by atoms with Gasteiger partial charge in [-0.3, -0.25) is 14.8 Å². The Hall–Kier alpha value is -3.34. The third-order valence-corrected chi connectivity index (χ3v) is 5.45. The molecule has 4 rings (SSSR count). The number of carbonyl (C=O) groups excluding carboxylic acids is 1. The molecule has 1 N–H and O–H groups in total. The first-order valence-corrected chi connectivity index (χ1v) is 9.72. The Labute approximate surface area is 169 Å². The lowest BCUT2D eigenvalue weighted by Crippen LogP contribution is -2.14. The van der Waals surface area contributed by atoms with Gasteiger partial charge in [0.05, 0.1) is 11.8 Å². The van der Waals surface area contributed by atoms with Crippen LogP contribution in [0, 0.1) is 5.82 Å². The van der Waals surface area contributed by atoms with E-state index in [1.54, 1.807) is 0 Å². The second-order valence-corrected chi connectivity index (χ2v) is 7.34. The molecule has 0 spiro atoms. The van der Waals surface area contributed by atoms with Crippen LogP contribution in [0.4, 0.5) is 10.1 Å². The number of allylic oxidation sites excluding steroid dienone is 2. The zero-order chi connectivity index (χ0) is 20.2. The predicted octanol–water partition coefficient (Wildman–Crippen LogP) is 5.61. The molecule has 4 nitrogen and oxygen atoms in total. The maximum atomic E-state index is 13.7. The van der Waals surface area contributed by atoms with Crippen LogP contribution in [0.3, 0.4) is 0 Å². The summed E-state index contributed by atoms with van der Waals surface area (Å²) in [6, 6.07) is 15.2. The van der Waals surface area contributed by atoms with E-state index in [0.717, 1.165) is 36.7 Å². The van der Waals surface area contributed by atoms with Crippen molar-refractivity contribution in [3.63, 3.8) is 0 Å². The van der Waals surface area contributed by atoms with Crippen molar-refractivity contribution in [1.29, 1.82) is 0 Å². The molecule has 3 aromatic rings. The Kier molecular flexibility index (Phi) is 5.47. The maximum Gasteiger partial charge on any atom is 0.258 e. The van der Waals surface area contributed by atoms with E-state index in [0.29, 0.717) is 11.6 Å². The van der Waals surface area contributed by atoms with Gasteiger partial charge in [0.25, 0.3) is 5.91 Å². The lowest BCUT2D eigenvalue weighted by atomic mass is 9.80. The van der Waals surface area contributed by atoms with E-state index < -0.39 is 11.7 Å². The molecule has 0 bridgehead atoms. The van der Waals surface area contributed by atoms with Crippen molar-refractivity contribution < 1.29 is 9.18 Å². The number of pyridine rings is 2. The number of halogens is 1. The van der Waals surface area contributed by atoms with Gasteiger partial charge in [-0.15, -0.1) is 0 Å². The molecule has 29 heavy (non-hydrogen) atoms. The number of hydrogen-bond acceptors (Lipinski definition) is 3. The minimum absolute atomic E-state index is 0.0203. The first-order chi connectivity index (χ1) is 14.1. The normalized spacial score (nSPS) is 16.6. The van der Waals surface area contributed by atoms with Crippen LogP contribution in [-0.4, -0.2) is 15.9 Å². The number of hydrogen-bond donors (Lipinski definition) is 1. The molecular formula is C24H22FN3O. The van der Waals surface area contributed by atoms with Crippen molar-refractivity contribution in [3.8, 4) is 0 Å². The van der Waals surface area contributed by atoms with Gasteiger partial charge in [-0.25, -0.2) is 4.39 Å². The largest absolute Gasteiger partial charge is 0.322 e. The quantitative estimate of drug-likeness (QED) is 0.633. The Morgan fingerprint density at radius 3 is 2.66 bits per heavy atom. The smallest absolute Gasteiger partial charge is 0.258 e. The van der Waals surface area contributed by atoms with Gasteiger partial charge in [-0.2, -0.15) is 0 Å². The van der Waals surface area contributed by atoms with Crippen molar-refractivity contribution in [2.75, 3.05) is 5.32 Å². The fourth-order valence-corrected chi connectivity index (χ4v) is 3.81. The molecule has 5 heteroatoms. The van der Waals surface area contributed by atoms with Gasteiger partial charge in [0.1, 0.15) is 0 Å². The van der Waals surface area contributed by atoms with Crippen LogP contribution < -0.4 is 5.32 Å². The lowest BCUT2D eigenvalue weighted by molar-refractivity contribution is 0.102. The summed E-state index contributed by atoms with van der Waals surface area (Å²) in [5.74, 6) is -0.699. The van der Waals surface area contributed by atoms with Crippen LogP contribution in [-0.2, 0) is 0 Å². The Morgan fingerprint density at radius 1 is 1.10 bits per heavy atom. The molecule has 2 aromatic heterocycles. The SMILES string of the molecule is CC1=C(c2ccc(NC(=O)c3ccncc3F)cc2)CC(c2ccccn2)CC1. The minimum atomic E-state index is -0.634. The average molecular weight is 387 g/mol. The van der Waals surface area contributed by atoms with Gasteiger partial charge in [-0.1, -0.05) is 23.8 Å². The number of anilines is 1. The number of aromatic nitrogens is 2. The van der Waals surface area contributed by atoms with Crippen molar-refractivity contribution in [1.82, 2.24) is 9.97 Å². The molecule has 0 fully saturated rings. The van der Waals surface area contributed by atoms with Crippen LogP contribution in [0.2, 0.25) is 0 Å². The Morgan fingerprint density at radius 2 is 1.93 bits per heavy atom. The standard InChI is InChI=1S/C24H22FN3O/c1-16-5-6-18(23-4-2-3-12-27-23)14-21(16)17-7-9-19(10-8-17)28-24(29)20-11-13-26-15-22(20)25/h2-4,7-13,15,18H,5-6,14H2,1H3,(H,28,29). The number of amides is 1. The Balaban J connectivity index is 1.50. The molecule has 0 aliphatic heterocycles. The van der Waals surface area contributed by atoms with E-state index in [9.17, 15) is 9.18 Å². The zero-order valence-corrected chi connectivity index (χ0v) is 16.2. The second-order valence-electron chi connectivity index (χ2n) is 7.34. The molecule has 2 heterocycles. The van der Waals surface area contributed by atoms with E-state index in [1.807, 2.05) is 42.6 Å². The summed E-state index contributed by atoms with van der Waals surface area (Å²) in [6.45, 7) is 2.19. The van der Waals surface area contributed by atoms with Crippen LogP contribution in [0.1, 0.15) is 53.7 Å². The fraction of sp³-hybridized carbons (Fsp3) is 0.208. The highest BCUT2D eigenvalue weighted by Gasteiger charge is 2.22. The zero-order valence-electron chi connectivity index (χ0n) is 16.2. The molecule has 1 aliphatic carbocycles. The summed E-state index contributed by atoms with van der Waals surface area (Å²) >= 11 is 0. The van der Waals surface area contributed by atoms with Crippen molar-refractivity contribution >= 4 is 17.2 Å². The van der Waals surface area contributed by atoms with Crippen molar-refractivity contribution in [2.24, 2.45) is 0 Å².